The molecule has 0 aliphatic rings. The fourth-order valence-corrected chi connectivity index (χ4v) is 2.65. The van der Waals surface area contributed by atoms with Crippen LogP contribution in [0.1, 0.15) is 10.4 Å². The molecule has 0 unspecified atom stereocenters. The predicted octanol–water partition coefficient (Wildman–Crippen LogP) is 4.16. The van der Waals surface area contributed by atoms with Crippen LogP contribution in [0.2, 0.25) is 0 Å². The van der Waals surface area contributed by atoms with Crippen molar-refractivity contribution in [3.8, 4) is 0 Å². The maximum atomic E-state index is 12.6. The van der Waals surface area contributed by atoms with Crippen LogP contribution in [0.4, 0.5) is 16.5 Å². The number of carbonyl (C=O) groups is 1. The van der Waals surface area contributed by atoms with Crippen molar-refractivity contribution in [1.29, 1.82) is 0 Å². The van der Waals surface area contributed by atoms with Gasteiger partial charge in [-0.2, -0.15) is 0 Å². The minimum absolute atomic E-state index is 0.0472. The molecule has 1 heterocycles. The lowest BCUT2D eigenvalue weighted by atomic mass is 10.1. The first kappa shape index (κ1) is 14.3. The second kappa shape index (κ2) is 6.41. The molecule has 3 aromatic rings. The summed E-state index contributed by atoms with van der Waals surface area (Å²) < 4.78 is 0. The van der Waals surface area contributed by atoms with Gasteiger partial charge in [0.25, 0.3) is 5.91 Å². The van der Waals surface area contributed by atoms with Crippen molar-refractivity contribution in [2.24, 2.45) is 0 Å². The van der Waals surface area contributed by atoms with Crippen LogP contribution in [0.3, 0.4) is 0 Å². The average molecular weight is 309 g/mol. The van der Waals surface area contributed by atoms with Gasteiger partial charge in [0.2, 0.25) is 0 Å². The van der Waals surface area contributed by atoms with Gasteiger partial charge in [-0.25, -0.2) is 4.98 Å². The van der Waals surface area contributed by atoms with Crippen LogP contribution in [0, 0.1) is 0 Å². The molecular formula is C17H15N3OS. The number of nitrogens with one attached hydrogen (secondary N) is 1. The Hall–Kier alpha value is -2.66. The van der Waals surface area contributed by atoms with Gasteiger partial charge in [0.15, 0.2) is 5.13 Å². The maximum absolute atomic E-state index is 12.6. The Morgan fingerprint density at radius 3 is 2.68 bits per heavy atom. The molecule has 3 rings (SSSR count). The van der Waals surface area contributed by atoms with Gasteiger partial charge >= 0.3 is 0 Å². The Morgan fingerprint density at radius 1 is 1.14 bits per heavy atom. The second-order valence-corrected chi connectivity index (χ2v) is 5.64. The number of nitrogens with zero attached hydrogens (tertiary/aromatic N) is 2. The maximum Gasteiger partial charge on any atom is 0.258 e. The fourth-order valence-electron chi connectivity index (χ4n) is 2.10. The molecule has 0 aliphatic carbocycles. The highest BCUT2D eigenvalue weighted by Gasteiger charge is 2.13. The zero-order valence-electron chi connectivity index (χ0n) is 12.1. The van der Waals surface area contributed by atoms with E-state index in [-0.39, 0.29) is 5.91 Å². The van der Waals surface area contributed by atoms with Crippen LogP contribution >= 0.6 is 11.3 Å². The molecule has 2 aromatic carbocycles. The van der Waals surface area contributed by atoms with E-state index in [1.807, 2.05) is 60.0 Å². The third-order valence-electron chi connectivity index (χ3n) is 3.24. The predicted molar refractivity (Wildman–Crippen MR) is 91.0 cm³/mol. The lowest BCUT2D eigenvalue weighted by molar-refractivity contribution is 0.0993. The first-order valence-corrected chi connectivity index (χ1v) is 7.72. The highest BCUT2D eigenvalue weighted by molar-refractivity contribution is 7.13. The van der Waals surface area contributed by atoms with Gasteiger partial charge in [0.05, 0.1) is 0 Å². The van der Waals surface area contributed by atoms with Crippen molar-refractivity contribution >= 4 is 33.8 Å². The number of benzene rings is 2. The number of anilines is 3. The number of aromatic nitrogens is 1. The molecule has 0 saturated carbocycles. The van der Waals surface area contributed by atoms with Crippen molar-refractivity contribution in [3.63, 3.8) is 0 Å². The second-order valence-electron chi connectivity index (χ2n) is 4.74. The Balaban J connectivity index is 1.81. The van der Waals surface area contributed by atoms with Crippen molar-refractivity contribution < 1.29 is 4.79 Å². The van der Waals surface area contributed by atoms with E-state index in [1.54, 1.807) is 18.1 Å². The molecule has 5 heteroatoms. The molecule has 0 saturated heterocycles. The summed E-state index contributed by atoms with van der Waals surface area (Å²) in [6, 6.07) is 17.0. The molecule has 4 nitrogen and oxygen atoms in total. The summed E-state index contributed by atoms with van der Waals surface area (Å²) in [5, 5.41) is 5.90. The number of rotatable bonds is 4. The number of thiazole rings is 1. The van der Waals surface area contributed by atoms with Crippen molar-refractivity contribution in [2.45, 2.75) is 0 Å². The van der Waals surface area contributed by atoms with E-state index in [0.29, 0.717) is 5.56 Å². The van der Waals surface area contributed by atoms with Crippen LogP contribution in [0.25, 0.3) is 0 Å². The largest absolute Gasteiger partial charge is 0.332 e. The summed E-state index contributed by atoms with van der Waals surface area (Å²) in [5.74, 6) is -0.0472. The number of amides is 1. The normalized spacial score (nSPS) is 10.2. The van der Waals surface area contributed by atoms with E-state index in [2.05, 4.69) is 10.3 Å². The van der Waals surface area contributed by atoms with Gasteiger partial charge in [0, 0.05) is 35.6 Å². The van der Waals surface area contributed by atoms with E-state index in [1.165, 1.54) is 11.3 Å². The number of para-hydroxylation sites is 1. The Bertz CT molecular complexity index is 757. The summed E-state index contributed by atoms with van der Waals surface area (Å²) in [7, 11) is 1.78. The number of hydrogen-bond donors (Lipinski definition) is 1. The average Bonchev–Trinajstić information content (AvgIpc) is 3.07. The lowest BCUT2D eigenvalue weighted by Crippen LogP contribution is -2.26. The Kier molecular flexibility index (Phi) is 4.16. The Morgan fingerprint density at radius 2 is 1.95 bits per heavy atom. The summed E-state index contributed by atoms with van der Waals surface area (Å²) >= 11 is 1.52. The quantitative estimate of drug-likeness (QED) is 0.787. The lowest BCUT2D eigenvalue weighted by Gasteiger charge is -2.17. The third kappa shape index (κ3) is 3.15. The molecule has 1 N–H and O–H groups in total. The molecule has 0 atom stereocenters. The highest BCUT2D eigenvalue weighted by Crippen LogP contribution is 2.21. The summed E-state index contributed by atoms with van der Waals surface area (Å²) in [6.07, 6.45) is 1.74. The molecule has 0 spiro atoms. The topological polar surface area (TPSA) is 45.2 Å². The van der Waals surface area contributed by atoms with Crippen LogP contribution < -0.4 is 10.2 Å². The monoisotopic (exact) mass is 309 g/mol. The van der Waals surface area contributed by atoms with Gasteiger partial charge < -0.3 is 10.2 Å². The molecule has 0 fully saturated rings. The standard InChI is InChI=1S/C17H15N3OS/c1-20(15-8-3-2-4-9-15)16(21)13-6-5-7-14(12-13)19-17-18-10-11-22-17/h2-12H,1H3,(H,18,19). The van der Waals surface area contributed by atoms with Gasteiger partial charge in [-0.15, -0.1) is 11.3 Å². The number of carbonyl (C=O) groups excluding carboxylic acids is 1. The molecule has 22 heavy (non-hydrogen) atoms. The summed E-state index contributed by atoms with van der Waals surface area (Å²) in [4.78, 5) is 18.4. The summed E-state index contributed by atoms with van der Waals surface area (Å²) in [6.45, 7) is 0. The van der Waals surface area contributed by atoms with Gasteiger partial charge in [0.1, 0.15) is 0 Å². The zero-order valence-corrected chi connectivity index (χ0v) is 12.9. The molecule has 110 valence electrons. The molecule has 1 aromatic heterocycles. The molecular weight excluding hydrogens is 294 g/mol. The van der Waals surface area contributed by atoms with Crippen molar-refractivity contribution in [3.05, 3.63) is 71.7 Å². The minimum atomic E-state index is -0.0472. The number of hydrogen-bond acceptors (Lipinski definition) is 4. The van der Waals surface area contributed by atoms with Gasteiger partial charge in [-0.3, -0.25) is 4.79 Å². The summed E-state index contributed by atoms with van der Waals surface area (Å²) in [5.41, 5.74) is 2.35. The van der Waals surface area contributed by atoms with Crippen molar-refractivity contribution in [1.82, 2.24) is 4.98 Å². The molecule has 0 bridgehead atoms. The SMILES string of the molecule is CN(C(=O)c1cccc(Nc2nccs2)c1)c1ccccc1. The van der Waals surface area contributed by atoms with Crippen molar-refractivity contribution in [2.75, 3.05) is 17.3 Å². The minimum Gasteiger partial charge on any atom is -0.332 e. The molecule has 0 radical (unpaired) electrons. The fraction of sp³-hybridized carbons (Fsp3) is 0.0588. The molecule has 1 amide bonds. The Labute approximate surface area is 133 Å². The smallest absolute Gasteiger partial charge is 0.258 e. The first-order chi connectivity index (χ1) is 10.7. The van der Waals surface area contributed by atoms with E-state index >= 15 is 0 Å². The van der Waals surface area contributed by atoms with Gasteiger partial charge in [-0.05, 0) is 30.3 Å². The van der Waals surface area contributed by atoms with Crippen LogP contribution in [0.5, 0.6) is 0 Å². The first-order valence-electron chi connectivity index (χ1n) is 6.84. The molecule has 0 aliphatic heterocycles. The van der Waals surface area contributed by atoms with Crippen LogP contribution in [0.15, 0.2) is 66.2 Å². The third-order valence-corrected chi connectivity index (χ3v) is 3.93. The van der Waals surface area contributed by atoms with E-state index in [9.17, 15) is 4.79 Å². The zero-order chi connectivity index (χ0) is 15.4. The van der Waals surface area contributed by atoms with Crippen LogP contribution in [-0.4, -0.2) is 17.9 Å². The van der Waals surface area contributed by atoms with E-state index < -0.39 is 0 Å². The highest BCUT2D eigenvalue weighted by atomic mass is 32.1. The van der Waals surface area contributed by atoms with Crippen LogP contribution in [-0.2, 0) is 0 Å². The van der Waals surface area contributed by atoms with E-state index in [0.717, 1.165) is 16.5 Å². The van der Waals surface area contributed by atoms with Gasteiger partial charge in [-0.1, -0.05) is 24.3 Å². The van der Waals surface area contributed by atoms with E-state index in [4.69, 9.17) is 0 Å².